The summed E-state index contributed by atoms with van der Waals surface area (Å²) in [6.07, 6.45) is 3.62. The maximum Gasteiger partial charge on any atom is 0.237 e. The molecule has 0 radical (unpaired) electrons. The molecule has 0 aromatic carbocycles. The molecule has 0 unspecified atom stereocenters. The first-order valence-corrected chi connectivity index (χ1v) is 10.8. The third-order valence-electron chi connectivity index (χ3n) is 4.71. The van der Waals surface area contributed by atoms with Gasteiger partial charge >= 0.3 is 0 Å². The quantitative estimate of drug-likeness (QED) is 0.701. The molecule has 2 aromatic heterocycles. The molecule has 1 aliphatic rings. The zero-order valence-corrected chi connectivity index (χ0v) is 16.7. The number of amides is 1. The highest BCUT2D eigenvalue weighted by Crippen LogP contribution is 2.31. The standard InChI is InChI=1S/C17H26N6O3S/c1-21(2)9-10-23-17-14(5-4-7-18-17)16(20-23)13-6-8-22(12-13)15(24)11-19-27(3,25)26/h4-5,7,13,19H,6,8-12H2,1-3H3/t13-/m0/s1. The maximum absolute atomic E-state index is 12.3. The molecule has 0 saturated carbocycles. The highest BCUT2D eigenvalue weighted by atomic mass is 32.2. The van der Waals surface area contributed by atoms with Gasteiger partial charge in [0.15, 0.2) is 5.65 Å². The van der Waals surface area contributed by atoms with Crippen molar-refractivity contribution >= 4 is 27.0 Å². The third kappa shape index (κ3) is 4.82. The van der Waals surface area contributed by atoms with E-state index in [0.29, 0.717) is 13.1 Å². The zero-order chi connectivity index (χ0) is 19.6. The van der Waals surface area contributed by atoms with E-state index in [4.69, 9.17) is 5.10 Å². The lowest BCUT2D eigenvalue weighted by molar-refractivity contribution is -0.128. The Morgan fingerprint density at radius 3 is 2.89 bits per heavy atom. The third-order valence-corrected chi connectivity index (χ3v) is 5.38. The van der Waals surface area contributed by atoms with Crippen LogP contribution in [-0.4, -0.2) is 85.4 Å². The second-order valence-electron chi connectivity index (χ2n) is 7.20. The topological polar surface area (TPSA) is 100 Å². The predicted molar refractivity (Wildman–Crippen MR) is 103 cm³/mol. The molecular weight excluding hydrogens is 368 g/mol. The van der Waals surface area contributed by atoms with Crippen molar-refractivity contribution in [2.45, 2.75) is 18.9 Å². The Bertz CT molecular complexity index is 924. The average molecular weight is 395 g/mol. The molecule has 1 fully saturated rings. The summed E-state index contributed by atoms with van der Waals surface area (Å²) >= 11 is 0. The van der Waals surface area contributed by atoms with Gasteiger partial charge in [-0.15, -0.1) is 0 Å². The number of likely N-dealkylation sites (tertiary alicyclic amines) is 1. The lowest BCUT2D eigenvalue weighted by atomic mass is 10.0. The molecule has 1 saturated heterocycles. The van der Waals surface area contributed by atoms with Crippen LogP contribution in [-0.2, 0) is 21.4 Å². The molecule has 10 heteroatoms. The highest BCUT2D eigenvalue weighted by Gasteiger charge is 2.30. The first-order valence-electron chi connectivity index (χ1n) is 8.93. The molecular formula is C17H26N6O3S. The van der Waals surface area contributed by atoms with Crippen LogP contribution in [0.5, 0.6) is 0 Å². The van der Waals surface area contributed by atoms with Gasteiger partial charge in [-0.2, -0.15) is 5.10 Å². The number of fused-ring (bicyclic) bond motifs is 1. The smallest absolute Gasteiger partial charge is 0.237 e. The number of sulfonamides is 1. The van der Waals surface area contributed by atoms with Crippen LogP contribution in [0.25, 0.3) is 11.0 Å². The number of rotatable bonds is 7. The number of hydrogen-bond acceptors (Lipinski definition) is 6. The highest BCUT2D eigenvalue weighted by molar-refractivity contribution is 7.88. The second-order valence-corrected chi connectivity index (χ2v) is 9.04. The summed E-state index contributed by atoms with van der Waals surface area (Å²) in [5.74, 6) is -0.0862. The molecule has 1 aliphatic heterocycles. The Morgan fingerprint density at radius 1 is 1.41 bits per heavy atom. The van der Waals surface area contributed by atoms with E-state index in [0.717, 1.165) is 42.5 Å². The van der Waals surface area contributed by atoms with Crippen molar-refractivity contribution in [2.75, 3.05) is 46.5 Å². The van der Waals surface area contributed by atoms with Gasteiger partial charge < -0.3 is 9.80 Å². The summed E-state index contributed by atoms with van der Waals surface area (Å²) in [7, 11) is 0.659. The van der Waals surface area contributed by atoms with Gasteiger partial charge in [-0.25, -0.2) is 22.8 Å². The minimum absolute atomic E-state index is 0.125. The van der Waals surface area contributed by atoms with E-state index in [-0.39, 0.29) is 18.4 Å². The summed E-state index contributed by atoms with van der Waals surface area (Å²) < 4.78 is 26.6. The SMILES string of the molecule is CN(C)CCn1nc([C@H]2CCN(C(=O)CNS(C)(=O)=O)C2)c2cccnc21. The van der Waals surface area contributed by atoms with Gasteiger partial charge in [0.25, 0.3) is 0 Å². The summed E-state index contributed by atoms with van der Waals surface area (Å²) in [4.78, 5) is 20.6. The first kappa shape index (κ1) is 19.7. The molecule has 148 valence electrons. The van der Waals surface area contributed by atoms with Crippen LogP contribution in [0.3, 0.4) is 0 Å². The van der Waals surface area contributed by atoms with Crippen molar-refractivity contribution < 1.29 is 13.2 Å². The van der Waals surface area contributed by atoms with Crippen molar-refractivity contribution in [3.8, 4) is 0 Å². The van der Waals surface area contributed by atoms with E-state index in [2.05, 4.69) is 14.6 Å². The molecule has 1 N–H and O–H groups in total. The Morgan fingerprint density at radius 2 is 2.19 bits per heavy atom. The molecule has 0 spiro atoms. The normalized spacial score (nSPS) is 17.9. The van der Waals surface area contributed by atoms with Crippen molar-refractivity contribution in [3.63, 3.8) is 0 Å². The Balaban J connectivity index is 1.75. The summed E-state index contributed by atoms with van der Waals surface area (Å²) in [6.45, 7) is 2.54. The number of carbonyl (C=O) groups excluding carboxylic acids is 1. The van der Waals surface area contributed by atoms with Crippen molar-refractivity contribution in [2.24, 2.45) is 0 Å². The molecule has 1 atom stereocenters. The van der Waals surface area contributed by atoms with Gasteiger partial charge in [0.1, 0.15) is 0 Å². The van der Waals surface area contributed by atoms with Gasteiger partial charge in [0, 0.05) is 37.1 Å². The van der Waals surface area contributed by atoms with E-state index < -0.39 is 10.0 Å². The van der Waals surface area contributed by atoms with Crippen LogP contribution >= 0.6 is 0 Å². The van der Waals surface area contributed by atoms with E-state index in [1.807, 2.05) is 30.9 Å². The fourth-order valence-electron chi connectivity index (χ4n) is 3.30. The number of carbonyl (C=O) groups is 1. The fourth-order valence-corrected chi connectivity index (χ4v) is 3.69. The zero-order valence-electron chi connectivity index (χ0n) is 15.9. The average Bonchev–Trinajstić information content (AvgIpc) is 3.22. The van der Waals surface area contributed by atoms with Crippen LogP contribution in [0.1, 0.15) is 18.0 Å². The Labute approximate surface area is 159 Å². The predicted octanol–water partition coefficient (Wildman–Crippen LogP) is -0.142. The van der Waals surface area contributed by atoms with Crippen LogP contribution in [0.4, 0.5) is 0 Å². The molecule has 3 rings (SSSR count). The number of pyridine rings is 1. The molecule has 27 heavy (non-hydrogen) atoms. The van der Waals surface area contributed by atoms with Gasteiger partial charge in [-0.1, -0.05) is 0 Å². The molecule has 0 aliphatic carbocycles. The van der Waals surface area contributed by atoms with Crippen LogP contribution in [0.2, 0.25) is 0 Å². The van der Waals surface area contributed by atoms with Crippen molar-refractivity contribution in [3.05, 3.63) is 24.0 Å². The van der Waals surface area contributed by atoms with Gasteiger partial charge in [-0.3, -0.25) is 4.79 Å². The summed E-state index contributed by atoms with van der Waals surface area (Å²) in [5.41, 5.74) is 1.82. The lowest BCUT2D eigenvalue weighted by Gasteiger charge is -2.16. The number of nitrogens with zero attached hydrogens (tertiary/aromatic N) is 5. The van der Waals surface area contributed by atoms with Crippen LogP contribution < -0.4 is 4.72 Å². The Hall–Kier alpha value is -2.04. The van der Waals surface area contributed by atoms with Gasteiger partial charge in [0.05, 0.1) is 25.0 Å². The minimum atomic E-state index is -3.38. The molecule has 1 amide bonds. The Kier molecular flexibility index (Phi) is 5.78. The van der Waals surface area contributed by atoms with Crippen molar-refractivity contribution in [1.82, 2.24) is 29.3 Å². The monoisotopic (exact) mass is 394 g/mol. The molecule has 2 aromatic rings. The van der Waals surface area contributed by atoms with Crippen molar-refractivity contribution in [1.29, 1.82) is 0 Å². The fraction of sp³-hybridized carbons (Fsp3) is 0.588. The number of nitrogens with one attached hydrogen (secondary N) is 1. The first-order chi connectivity index (χ1) is 12.7. The van der Waals surface area contributed by atoms with E-state index in [9.17, 15) is 13.2 Å². The van der Waals surface area contributed by atoms with Gasteiger partial charge in [-0.05, 0) is 32.6 Å². The largest absolute Gasteiger partial charge is 0.341 e. The van der Waals surface area contributed by atoms with E-state index in [1.165, 1.54) is 0 Å². The lowest BCUT2D eigenvalue weighted by Crippen LogP contribution is -2.38. The number of likely N-dealkylation sites (N-methyl/N-ethyl adjacent to an activating group) is 1. The molecule has 0 bridgehead atoms. The molecule has 3 heterocycles. The second kappa shape index (κ2) is 7.91. The molecule has 9 nitrogen and oxygen atoms in total. The van der Waals surface area contributed by atoms with Crippen LogP contribution in [0, 0.1) is 0 Å². The maximum atomic E-state index is 12.3. The van der Waals surface area contributed by atoms with E-state index >= 15 is 0 Å². The number of aromatic nitrogens is 3. The van der Waals surface area contributed by atoms with Gasteiger partial charge in [0.2, 0.25) is 15.9 Å². The summed E-state index contributed by atoms with van der Waals surface area (Å²) in [6, 6.07) is 3.92. The summed E-state index contributed by atoms with van der Waals surface area (Å²) in [5, 5.41) is 5.82. The number of hydrogen-bond donors (Lipinski definition) is 1. The van der Waals surface area contributed by atoms with E-state index in [1.54, 1.807) is 11.1 Å². The minimum Gasteiger partial charge on any atom is -0.341 e. The van der Waals surface area contributed by atoms with Crippen LogP contribution in [0.15, 0.2) is 18.3 Å².